The summed E-state index contributed by atoms with van der Waals surface area (Å²) in [5, 5.41) is 0. The predicted octanol–water partition coefficient (Wildman–Crippen LogP) is 1.91. The Hall–Kier alpha value is 0.160. The van der Waals surface area contributed by atoms with Gasteiger partial charge in [-0.25, -0.2) is 0 Å². The van der Waals surface area contributed by atoms with Crippen LogP contribution in [-0.2, 0) is 10.2 Å². The molecule has 0 aliphatic carbocycles. The van der Waals surface area contributed by atoms with Gasteiger partial charge in [0.2, 0.25) is 0 Å². The molecular weight excluding hydrogens is 248 g/mol. The summed E-state index contributed by atoms with van der Waals surface area (Å²) in [6.45, 7) is 5.52. The zero-order valence-corrected chi connectivity index (χ0v) is 12.0. The molecule has 0 atom stereocenters. The van der Waals surface area contributed by atoms with Crippen LogP contribution in [0.1, 0.15) is 33.1 Å². The largest absolute Gasteiger partial charge is 0.281 e. The molecule has 0 radical (unpaired) electrons. The average molecular weight is 271 g/mol. The SMILES string of the molecule is CCCCN(CC)S(=O)(=O)N(C)CCCCl. The summed E-state index contributed by atoms with van der Waals surface area (Å²) < 4.78 is 27.1. The second-order valence-corrected chi connectivity index (χ2v) is 6.13. The molecule has 0 amide bonds. The third-order valence-corrected chi connectivity index (χ3v) is 4.77. The second-order valence-electron chi connectivity index (χ2n) is 3.72. The first-order chi connectivity index (χ1) is 7.50. The fraction of sp³-hybridized carbons (Fsp3) is 1.00. The summed E-state index contributed by atoms with van der Waals surface area (Å²) in [7, 11) is -1.68. The number of unbranched alkanes of at least 4 members (excludes halogenated alkanes) is 1. The van der Waals surface area contributed by atoms with Gasteiger partial charge < -0.3 is 0 Å². The van der Waals surface area contributed by atoms with Crippen LogP contribution in [0, 0.1) is 0 Å². The van der Waals surface area contributed by atoms with Gasteiger partial charge in [-0.1, -0.05) is 20.3 Å². The summed E-state index contributed by atoms with van der Waals surface area (Å²) in [6, 6.07) is 0. The van der Waals surface area contributed by atoms with Crippen LogP contribution in [0.2, 0.25) is 0 Å². The molecule has 0 bridgehead atoms. The molecule has 0 aliphatic heterocycles. The molecule has 0 aromatic rings. The van der Waals surface area contributed by atoms with Gasteiger partial charge >= 0.3 is 0 Å². The number of hydrogen-bond acceptors (Lipinski definition) is 2. The van der Waals surface area contributed by atoms with E-state index in [0.717, 1.165) is 12.8 Å². The normalized spacial score (nSPS) is 12.6. The lowest BCUT2D eigenvalue weighted by molar-refractivity contribution is 0.363. The Morgan fingerprint density at radius 2 is 1.75 bits per heavy atom. The molecule has 0 aromatic heterocycles. The van der Waals surface area contributed by atoms with E-state index in [-0.39, 0.29) is 0 Å². The smallest absolute Gasteiger partial charge is 0.195 e. The van der Waals surface area contributed by atoms with Crippen LogP contribution in [0.4, 0.5) is 0 Å². The van der Waals surface area contributed by atoms with E-state index in [9.17, 15) is 8.42 Å². The van der Waals surface area contributed by atoms with Gasteiger partial charge in [0.15, 0.2) is 0 Å². The molecule has 0 spiro atoms. The molecule has 0 heterocycles. The van der Waals surface area contributed by atoms with E-state index in [1.165, 1.54) is 8.61 Å². The van der Waals surface area contributed by atoms with E-state index >= 15 is 0 Å². The van der Waals surface area contributed by atoms with E-state index in [1.54, 1.807) is 7.05 Å². The molecule has 0 unspecified atom stereocenters. The second kappa shape index (κ2) is 8.28. The molecule has 4 nitrogen and oxygen atoms in total. The monoisotopic (exact) mass is 270 g/mol. The highest BCUT2D eigenvalue weighted by Gasteiger charge is 2.24. The van der Waals surface area contributed by atoms with E-state index < -0.39 is 10.2 Å². The summed E-state index contributed by atoms with van der Waals surface area (Å²) in [5.41, 5.74) is 0. The van der Waals surface area contributed by atoms with Gasteiger partial charge in [0.25, 0.3) is 10.2 Å². The molecule has 98 valence electrons. The van der Waals surface area contributed by atoms with Gasteiger partial charge in [-0.2, -0.15) is 17.0 Å². The lowest BCUT2D eigenvalue weighted by atomic mass is 10.3. The van der Waals surface area contributed by atoms with Crippen LogP contribution < -0.4 is 0 Å². The van der Waals surface area contributed by atoms with Crippen molar-refractivity contribution < 1.29 is 8.42 Å². The lowest BCUT2D eigenvalue weighted by Gasteiger charge is -2.26. The van der Waals surface area contributed by atoms with Crippen LogP contribution in [-0.4, -0.2) is 49.6 Å². The van der Waals surface area contributed by atoms with Gasteiger partial charge in [0.1, 0.15) is 0 Å². The summed E-state index contributed by atoms with van der Waals surface area (Å²) in [4.78, 5) is 0. The van der Waals surface area contributed by atoms with E-state index in [0.29, 0.717) is 31.9 Å². The van der Waals surface area contributed by atoms with Gasteiger partial charge in [0, 0.05) is 32.6 Å². The topological polar surface area (TPSA) is 40.6 Å². The Balaban J connectivity index is 4.46. The van der Waals surface area contributed by atoms with Crippen LogP contribution in [0.3, 0.4) is 0 Å². The van der Waals surface area contributed by atoms with Gasteiger partial charge in [-0.15, -0.1) is 11.6 Å². The minimum atomic E-state index is -3.29. The van der Waals surface area contributed by atoms with Crippen LogP contribution in [0.15, 0.2) is 0 Å². The Kier molecular flexibility index (Phi) is 8.36. The fourth-order valence-electron chi connectivity index (χ4n) is 1.37. The molecule has 0 aliphatic rings. The van der Waals surface area contributed by atoms with Crippen LogP contribution >= 0.6 is 11.6 Å². The number of alkyl halides is 1. The predicted molar refractivity (Wildman–Crippen MR) is 69.0 cm³/mol. The Bertz CT molecular complexity index is 270. The maximum Gasteiger partial charge on any atom is 0.281 e. The quantitative estimate of drug-likeness (QED) is 0.601. The standard InChI is InChI=1S/C10H23ClN2O2S/c1-4-6-10-13(5-2)16(14,15)12(3)9-7-8-11/h4-10H2,1-3H3. The lowest BCUT2D eigenvalue weighted by Crippen LogP contribution is -2.42. The molecule has 0 rings (SSSR count). The Morgan fingerprint density at radius 1 is 1.12 bits per heavy atom. The van der Waals surface area contributed by atoms with Gasteiger partial charge in [0.05, 0.1) is 0 Å². The van der Waals surface area contributed by atoms with Crippen molar-refractivity contribution in [2.45, 2.75) is 33.1 Å². The molecule has 0 saturated carbocycles. The van der Waals surface area contributed by atoms with Crippen LogP contribution in [0.25, 0.3) is 0 Å². The Morgan fingerprint density at radius 3 is 2.19 bits per heavy atom. The first-order valence-electron chi connectivity index (χ1n) is 5.78. The zero-order chi connectivity index (χ0) is 12.6. The summed E-state index contributed by atoms with van der Waals surface area (Å²) in [5.74, 6) is 0.487. The molecule has 0 saturated heterocycles. The highest BCUT2D eigenvalue weighted by molar-refractivity contribution is 7.86. The molecule has 0 fully saturated rings. The third kappa shape index (κ3) is 4.99. The van der Waals surface area contributed by atoms with Crippen molar-refractivity contribution in [2.24, 2.45) is 0 Å². The fourth-order valence-corrected chi connectivity index (χ4v) is 2.93. The van der Waals surface area contributed by atoms with E-state index in [1.807, 2.05) is 6.92 Å². The maximum atomic E-state index is 12.1. The molecule has 16 heavy (non-hydrogen) atoms. The highest BCUT2D eigenvalue weighted by atomic mass is 35.5. The summed E-state index contributed by atoms with van der Waals surface area (Å²) in [6.07, 6.45) is 2.58. The number of halogens is 1. The number of hydrogen-bond donors (Lipinski definition) is 0. The van der Waals surface area contributed by atoms with Crippen molar-refractivity contribution in [3.8, 4) is 0 Å². The van der Waals surface area contributed by atoms with Crippen molar-refractivity contribution in [3.63, 3.8) is 0 Å². The van der Waals surface area contributed by atoms with Gasteiger partial charge in [-0.3, -0.25) is 0 Å². The van der Waals surface area contributed by atoms with Crippen molar-refractivity contribution in [2.75, 3.05) is 32.6 Å². The molecule has 0 aromatic carbocycles. The molecular formula is C10H23ClN2O2S. The number of nitrogens with zero attached hydrogens (tertiary/aromatic N) is 2. The average Bonchev–Trinajstić information content (AvgIpc) is 2.26. The molecule has 6 heteroatoms. The van der Waals surface area contributed by atoms with E-state index in [2.05, 4.69) is 6.92 Å². The molecule has 0 N–H and O–H groups in total. The van der Waals surface area contributed by atoms with Crippen molar-refractivity contribution in [1.82, 2.24) is 8.61 Å². The van der Waals surface area contributed by atoms with Gasteiger partial charge in [-0.05, 0) is 12.8 Å². The van der Waals surface area contributed by atoms with Crippen molar-refractivity contribution in [1.29, 1.82) is 0 Å². The highest BCUT2D eigenvalue weighted by Crippen LogP contribution is 2.08. The van der Waals surface area contributed by atoms with E-state index in [4.69, 9.17) is 11.6 Å². The minimum Gasteiger partial charge on any atom is -0.195 e. The first-order valence-corrected chi connectivity index (χ1v) is 7.71. The Labute approximate surface area is 105 Å². The van der Waals surface area contributed by atoms with Crippen LogP contribution in [0.5, 0.6) is 0 Å². The minimum absolute atomic E-state index is 0.481. The summed E-state index contributed by atoms with van der Waals surface area (Å²) >= 11 is 5.56. The van der Waals surface area contributed by atoms with Crippen molar-refractivity contribution in [3.05, 3.63) is 0 Å². The zero-order valence-electron chi connectivity index (χ0n) is 10.4. The van der Waals surface area contributed by atoms with Crippen molar-refractivity contribution >= 4 is 21.8 Å². The first kappa shape index (κ1) is 16.2. The maximum absolute atomic E-state index is 12.1. The third-order valence-electron chi connectivity index (χ3n) is 2.44. The number of rotatable bonds is 9.